The smallest absolute Gasteiger partial charge is 0.126 e. The molecule has 0 aromatic carbocycles. The third-order valence-corrected chi connectivity index (χ3v) is 13.5. The van der Waals surface area contributed by atoms with Gasteiger partial charge in [0, 0.05) is 10.8 Å². The zero-order valence-electron chi connectivity index (χ0n) is 21.8. The van der Waals surface area contributed by atoms with Crippen molar-refractivity contribution < 1.29 is 15.0 Å². The van der Waals surface area contributed by atoms with Gasteiger partial charge in [0.05, 0.1) is 12.7 Å². The van der Waals surface area contributed by atoms with Gasteiger partial charge in [-0.15, -0.1) is 0 Å². The minimum absolute atomic E-state index is 0.0853. The molecule has 0 aliphatic heterocycles. The topological polar surface area (TPSA) is 57.5 Å². The summed E-state index contributed by atoms with van der Waals surface area (Å²) in [6.07, 6.45) is 12.0. The van der Waals surface area contributed by atoms with E-state index in [1.807, 2.05) is 0 Å². The summed E-state index contributed by atoms with van der Waals surface area (Å²) >= 11 is 0. The second-order valence-electron chi connectivity index (χ2n) is 14.3. The van der Waals surface area contributed by atoms with Crippen molar-refractivity contribution >= 4 is 6.29 Å². The van der Waals surface area contributed by atoms with Crippen molar-refractivity contribution in [2.24, 2.45) is 56.7 Å². The fourth-order valence-corrected chi connectivity index (χ4v) is 11.4. The number of aliphatic hydroxyl groups excluding tert-OH is 2. The van der Waals surface area contributed by atoms with Gasteiger partial charge in [0.2, 0.25) is 0 Å². The van der Waals surface area contributed by atoms with Gasteiger partial charge in [-0.25, -0.2) is 0 Å². The van der Waals surface area contributed by atoms with Crippen molar-refractivity contribution in [3.8, 4) is 0 Å². The van der Waals surface area contributed by atoms with Crippen LogP contribution in [0.4, 0.5) is 0 Å². The van der Waals surface area contributed by atoms with Crippen LogP contribution in [0, 0.1) is 56.7 Å². The van der Waals surface area contributed by atoms with Crippen LogP contribution in [0.15, 0.2) is 12.2 Å². The normalized spacial score (nSPS) is 57.9. The molecule has 11 atom stereocenters. The molecule has 5 rings (SSSR count). The summed E-state index contributed by atoms with van der Waals surface area (Å²) in [7, 11) is 0. The molecule has 3 nitrogen and oxygen atoms in total. The van der Waals surface area contributed by atoms with Crippen LogP contribution >= 0.6 is 0 Å². The Morgan fingerprint density at radius 3 is 2.27 bits per heavy atom. The van der Waals surface area contributed by atoms with Crippen LogP contribution in [0.2, 0.25) is 0 Å². The van der Waals surface area contributed by atoms with Crippen LogP contribution in [0.1, 0.15) is 98.8 Å². The molecule has 0 radical (unpaired) electrons. The van der Waals surface area contributed by atoms with E-state index in [0.717, 1.165) is 38.5 Å². The third-order valence-electron chi connectivity index (χ3n) is 13.5. The first-order valence-corrected chi connectivity index (χ1v) is 13.8. The molecule has 5 aliphatic carbocycles. The summed E-state index contributed by atoms with van der Waals surface area (Å²) in [6.45, 7) is 16.5. The van der Waals surface area contributed by atoms with E-state index >= 15 is 0 Å². The van der Waals surface area contributed by atoms with Crippen LogP contribution in [0.5, 0.6) is 0 Å². The van der Waals surface area contributed by atoms with Gasteiger partial charge in [0.15, 0.2) is 0 Å². The Bertz CT molecular complexity index is 836. The van der Waals surface area contributed by atoms with Gasteiger partial charge in [-0.05, 0) is 117 Å². The predicted molar refractivity (Wildman–Crippen MR) is 132 cm³/mol. The Kier molecular flexibility index (Phi) is 5.40. The van der Waals surface area contributed by atoms with E-state index < -0.39 is 6.10 Å². The molecule has 0 saturated heterocycles. The highest BCUT2D eigenvalue weighted by Crippen LogP contribution is 2.77. The lowest BCUT2D eigenvalue weighted by molar-refractivity contribution is -0.252. The van der Waals surface area contributed by atoms with Crippen LogP contribution in [0.3, 0.4) is 0 Å². The summed E-state index contributed by atoms with van der Waals surface area (Å²) in [5, 5.41) is 21.3. The van der Waals surface area contributed by atoms with Crippen molar-refractivity contribution in [3.05, 3.63) is 12.2 Å². The summed E-state index contributed by atoms with van der Waals surface area (Å²) in [6, 6.07) is 0. The lowest BCUT2D eigenvalue weighted by Crippen LogP contribution is -2.67. The van der Waals surface area contributed by atoms with Crippen molar-refractivity contribution in [3.63, 3.8) is 0 Å². The number of hydrogen-bond donors (Lipinski definition) is 2. The first-order chi connectivity index (χ1) is 15.4. The summed E-state index contributed by atoms with van der Waals surface area (Å²) in [5.41, 5.74) is 1.43. The molecule has 0 spiro atoms. The average Bonchev–Trinajstić information content (AvgIpc) is 3.17. The number of fused-ring (bicyclic) bond motifs is 7. The van der Waals surface area contributed by atoms with Gasteiger partial charge >= 0.3 is 0 Å². The van der Waals surface area contributed by atoms with Crippen LogP contribution in [-0.4, -0.2) is 29.2 Å². The van der Waals surface area contributed by atoms with E-state index in [0.29, 0.717) is 29.6 Å². The van der Waals surface area contributed by atoms with E-state index in [4.69, 9.17) is 0 Å². The second-order valence-corrected chi connectivity index (χ2v) is 14.3. The highest BCUT2D eigenvalue weighted by molar-refractivity contribution is 5.62. The molecule has 3 heteroatoms. The minimum Gasteiger partial charge on any atom is -0.396 e. The van der Waals surface area contributed by atoms with Gasteiger partial charge in [-0.3, -0.25) is 0 Å². The summed E-state index contributed by atoms with van der Waals surface area (Å²) in [5.74, 6) is 2.56. The summed E-state index contributed by atoms with van der Waals surface area (Å²) in [4.78, 5) is 12.6. The molecule has 33 heavy (non-hydrogen) atoms. The second kappa shape index (κ2) is 7.42. The number of carbonyl (C=O) groups is 1. The fourth-order valence-electron chi connectivity index (χ4n) is 11.4. The standard InChI is InChI=1S/C30H48O3/c1-19(2)20-9-14-30(18-32)16-15-28(5)21(25(20)30)7-8-23-26(3)12-11-24(33)27(4,17-31)22(26)10-13-29(23,28)6/h18,20-25,31,33H,1,7-17H2,2-6H3/t20-,21?,22?,23?,24-,25?,26-,27-,28+,29+,30?/m0/s1. The van der Waals surface area contributed by atoms with Crippen molar-refractivity contribution in [1.29, 1.82) is 0 Å². The van der Waals surface area contributed by atoms with Gasteiger partial charge in [-0.1, -0.05) is 39.8 Å². The Balaban J connectivity index is 1.55. The molecular formula is C30H48O3. The maximum Gasteiger partial charge on any atom is 0.126 e. The monoisotopic (exact) mass is 456 g/mol. The lowest BCUT2D eigenvalue weighted by atomic mass is 9.32. The van der Waals surface area contributed by atoms with Crippen molar-refractivity contribution in [2.45, 2.75) is 105 Å². The average molecular weight is 457 g/mol. The number of aldehydes is 1. The molecule has 186 valence electrons. The van der Waals surface area contributed by atoms with Crippen molar-refractivity contribution in [2.75, 3.05) is 6.61 Å². The van der Waals surface area contributed by atoms with Gasteiger partial charge in [0.1, 0.15) is 6.29 Å². The van der Waals surface area contributed by atoms with Gasteiger partial charge in [0.25, 0.3) is 0 Å². The van der Waals surface area contributed by atoms with Gasteiger partial charge < -0.3 is 15.0 Å². The molecule has 5 fully saturated rings. The number of aliphatic hydroxyl groups is 2. The zero-order valence-corrected chi connectivity index (χ0v) is 21.8. The maximum absolute atomic E-state index is 12.6. The van der Waals surface area contributed by atoms with Crippen LogP contribution in [-0.2, 0) is 4.79 Å². The van der Waals surface area contributed by atoms with Crippen LogP contribution in [0.25, 0.3) is 0 Å². The summed E-state index contributed by atoms with van der Waals surface area (Å²) < 4.78 is 0. The molecule has 5 aliphatic rings. The van der Waals surface area contributed by atoms with E-state index in [9.17, 15) is 15.0 Å². The van der Waals surface area contributed by atoms with E-state index in [1.54, 1.807) is 0 Å². The minimum atomic E-state index is -0.394. The Hall–Kier alpha value is -0.670. The highest BCUT2D eigenvalue weighted by atomic mass is 16.3. The van der Waals surface area contributed by atoms with E-state index in [1.165, 1.54) is 37.5 Å². The number of hydrogen-bond acceptors (Lipinski definition) is 3. The molecule has 5 unspecified atom stereocenters. The van der Waals surface area contributed by atoms with Crippen molar-refractivity contribution in [1.82, 2.24) is 0 Å². The number of allylic oxidation sites excluding steroid dienone is 1. The Morgan fingerprint density at radius 1 is 0.909 bits per heavy atom. The Labute approximate surface area is 201 Å². The molecule has 0 heterocycles. The number of carbonyl (C=O) groups excluding carboxylic acids is 1. The first kappa shape index (κ1) is 24.0. The number of rotatable bonds is 3. The molecule has 0 bridgehead atoms. The zero-order chi connectivity index (χ0) is 24.0. The first-order valence-electron chi connectivity index (χ1n) is 13.8. The molecule has 0 aromatic rings. The molecule has 0 amide bonds. The van der Waals surface area contributed by atoms with Gasteiger partial charge in [-0.2, -0.15) is 0 Å². The molecule has 2 N–H and O–H groups in total. The van der Waals surface area contributed by atoms with E-state index in [-0.39, 0.29) is 33.7 Å². The third kappa shape index (κ3) is 2.79. The lowest BCUT2D eigenvalue weighted by Gasteiger charge is -2.72. The largest absolute Gasteiger partial charge is 0.396 e. The fraction of sp³-hybridized carbons (Fsp3) is 0.900. The molecular weight excluding hydrogens is 408 g/mol. The SMILES string of the molecule is C=C(C)[C@@H]1CCC2(C=O)CC[C@]3(C)C(CCC4[C@@]5(C)CC[C@H](O)[C@@](C)(CO)C5CC[C@]43C)C12. The maximum atomic E-state index is 12.6. The quantitative estimate of drug-likeness (QED) is 0.394. The van der Waals surface area contributed by atoms with E-state index in [2.05, 4.69) is 41.2 Å². The Morgan fingerprint density at radius 2 is 1.64 bits per heavy atom. The predicted octanol–water partition coefficient (Wildman–Crippen LogP) is 6.18. The highest BCUT2D eigenvalue weighted by Gasteiger charge is 2.71. The van der Waals surface area contributed by atoms with Crippen LogP contribution < -0.4 is 0 Å². The molecule has 0 aromatic heterocycles. The molecule has 5 saturated carbocycles.